The smallest absolute Gasteiger partial charge is 0.407 e. The molecule has 0 radical (unpaired) electrons. The number of alkyl carbamates (subject to hydrolysis) is 1. The van der Waals surface area contributed by atoms with E-state index in [1.807, 2.05) is 27.7 Å². The number of carbonyl (C=O) groups excluding carboxylic acids is 6. The molecule has 2 unspecified atom stereocenters. The van der Waals surface area contributed by atoms with Gasteiger partial charge in [0.05, 0.1) is 35.6 Å². The van der Waals surface area contributed by atoms with Gasteiger partial charge in [-0.1, -0.05) is 45.9 Å². The first-order valence-corrected chi connectivity index (χ1v) is 20.3. The summed E-state index contributed by atoms with van der Waals surface area (Å²) in [5.74, 6) is -6.46. The van der Waals surface area contributed by atoms with Gasteiger partial charge in [0.25, 0.3) is 0 Å². The fraction of sp³-hybridized carbons (Fsp3) is 0.682. The van der Waals surface area contributed by atoms with Crippen molar-refractivity contribution in [1.29, 1.82) is 0 Å². The van der Waals surface area contributed by atoms with Gasteiger partial charge in [0.15, 0.2) is 23.6 Å². The number of esters is 4. The number of hydrogen-bond acceptors (Lipinski definition) is 14. The van der Waals surface area contributed by atoms with Gasteiger partial charge in [-0.05, 0) is 87.5 Å². The monoisotopic (exact) mass is 825 g/mol. The predicted molar refractivity (Wildman–Crippen MR) is 208 cm³/mol. The van der Waals surface area contributed by atoms with Crippen LogP contribution in [0.5, 0.6) is 0 Å². The van der Waals surface area contributed by atoms with E-state index < -0.39 is 112 Å². The molecule has 0 aromatic heterocycles. The highest BCUT2D eigenvalue weighted by Gasteiger charge is 2.75. The van der Waals surface area contributed by atoms with Gasteiger partial charge in [0.2, 0.25) is 0 Å². The first kappa shape index (κ1) is 44.2. The highest BCUT2D eigenvalue weighted by atomic mass is 16.6. The Morgan fingerprint density at radius 2 is 1.56 bits per heavy atom. The molecule has 4 fully saturated rings. The molecule has 12 atom stereocenters. The number of rotatable bonds is 9. The van der Waals surface area contributed by atoms with E-state index >= 15 is 4.79 Å². The van der Waals surface area contributed by atoms with Crippen molar-refractivity contribution in [2.45, 2.75) is 149 Å². The number of nitrogens with one attached hydrogen (secondary N) is 1. The summed E-state index contributed by atoms with van der Waals surface area (Å²) in [4.78, 5) is 82.6. The zero-order valence-corrected chi connectivity index (χ0v) is 35.8. The van der Waals surface area contributed by atoms with Crippen molar-refractivity contribution in [3.63, 3.8) is 0 Å². The Morgan fingerprint density at radius 1 is 0.932 bits per heavy atom. The Bertz CT molecular complexity index is 1920. The number of carbonyl (C=O) groups is 6. The van der Waals surface area contributed by atoms with Crippen LogP contribution in [0.1, 0.15) is 106 Å². The van der Waals surface area contributed by atoms with E-state index in [0.29, 0.717) is 12.0 Å². The third kappa shape index (κ3) is 7.90. The predicted octanol–water partition coefficient (Wildman–Crippen LogP) is 4.39. The van der Waals surface area contributed by atoms with Gasteiger partial charge in [-0.25, -0.2) is 14.4 Å². The molecule has 5 aliphatic rings. The first-order chi connectivity index (χ1) is 27.3. The van der Waals surface area contributed by atoms with Crippen molar-refractivity contribution in [2.24, 2.45) is 34.0 Å². The molecule has 59 heavy (non-hydrogen) atoms. The Morgan fingerprint density at radius 3 is 2.08 bits per heavy atom. The van der Waals surface area contributed by atoms with Gasteiger partial charge in [0, 0.05) is 26.2 Å². The topological polar surface area (TPSA) is 210 Å². The summed E-state index contributed by atoms with van der Waals surface area (Å²) in [5, 5.41) is 26.4. The molecule has 1 heterocycles. The third-order valence-electron chi connectivity index (χ3n) is 13.5. The standard InChI is InChI=1S/C44H59NO14/c1-21-27(56-38(52)32(49)31(26-19-41(26,7)8)45-39(53)59-40(4,5)6)17-25-33(57-37(51)24-15-13-12-14-16-24)35-43(11,28(48)18-29-44(35,20-54-29)58-23(3)47)36(50)34(55-22(2)46)30(21)42(25,9)10/h12-16,25-29,31-35,48-49H,17-20H2,1-11H3,(H,45,53)/t25?,26-,27-,28-,29+,31-,32+,33+,34?,35-,43+,44-/m0/s1. The van der Waals surface area contributed by atoms with Gasteiger partial charge in [-0.3, -0.25) is 14.4 Å². The SMILES string of the molecule is CC(=O)OC1C(=O)[C@@]2(C)[C@H]([C@H](OC(=O)c3ccccc3)C3C[C@H](OC(=O)[C@H](O)[C@@H](NC(=O)OC(C)(C)C)[C@@H]4CC4(C)C)C(C)=C1C3(C)C)[C@]1(OC(C)=O)CO[C@@H]1C[C@@H]2O. The molecule has 2 bridgehead atoms. The van der Waals surface area contributed by atoms with Gasteiger partial charge >= 0.3 is 30.0 Å². The molecular weight excluding hydrogens is 766 g/mol. The van der Waals surface area contributed by atoms with Crippen LogP contribution in [-0.4, -0.2) is 106 Å². The quantitative estimate of drug-likeness (QED) is 0.179. The van der Waals surface area contributed by atoms with Gasteiger partial charge in [0.1, 0.15) is 23.9 Å². The second-order valence-electron chi connectivity index (χ2n) is 19.5. The van der Waals surface area contributed by atoms with E-state index in [4.69, 9.17) is 28.4 Å². The molecule has 6 rings (SSSR count). The highest BCUT2D eigenvalue weighted by molar-refractivity contribution is 5.95. The zero-order chi connectivity index (χ0) is 43.8. The van der Waals surface area contributed by atoms with Crippen molar-refractivity contribution in [3.05, 3.63) is 47.0 Å². The number of amides is 1. The lowest BCUT2D eigenvalue weighted by Gasteiger charge is -2.66. The summed E-state index contributed by atoms with van der Waals surface area (Å²) < 4.78 is 36.1. The first-order valence-electron chi connectivity index (χ1n) is 20.3. The molecule has 3 saturated carbocycles. The molecule has 1 aromatic rings. The maximum absolute atomic E-state index is 15.4. The summed E-state index contributed by atoms with van der Waals surface area (Å²) in [6.07, 6.45) is -8.65. The van der Waals surface area contributed by atoms with Gasteiger partial charge in [-0.2, -0.15) is 0 Å². The van der Waals surface area contributed by atoms with Crippen LogP contribution in [0.15, 0.2) is 41.5 Å². The fourth-order valence-corrected chi connectivity index (χ4v) is 10.4. The maximum atomic E-state index is 15.4. The van der Waals surface area contributed by atoms with Crippen LogP contribution in [0.3, 0.4) is 0 Å². The summed E-state index contributed by atoms with van der Waals surface area (Å²) in [6.45, 7) is 17.9. The molecule has 1 aliphatic heterocycles. The lowest BCUT2D eigenvalue weighted by atomic mass is 9.46. The second kappa shape index (κ2) is 15.3. The Kier molecular flexibility index (Phi) is 11.5. The largest absolute Gasteiger partial charge is 0.458 e. The minimum atomic E-state index is -1.85. The molecule has 15 heteroatoms. The van der Waals surface area contributed by atoms with E-state index in [-0.39, 0.29) is 41.9 Å². The molecule has 324 valence electrons. The number of hydrogen-bond donors (Lipinski definition) is 3. The molecule has 1 amide bonds. The summed E-state index contributed by atoms with van der Waals surface area (Å²) in [5.41, 5.74) is -4.92. The number of aliphatic hydroxyl groups is 2. The van der Waals surface area contributed by atoms with Crippen molar-refractivity contribution < 1.29 is 67.4 Å². The van der Waals surface area contributed by atoms with Gasteiger partial charge in [-0.15, -0.1) is 0 Å². The molecule has 15 nitrogen and oxygen atoms in total. The van der Waals surface area contributed by atoms with Crippen molar-refractivity contribution in [2.75, 3.05) is 6.61 Å². The van der Waals surface area contributed by atoms with Crippen LogP contribution in [0.2, 0.25) is 0 Å². The number of fused-ring (bicyclic) bond motifs is 5. The van der Waals surface area contributed by atoms with Crippen molar-refractivity contribution in [1.82, 2.24) is 5.32 Å². The number of aliphatic hydroxyl groups excluding tert-OH is 2. The van der Waals surface area contributed by atoms with E-state index in [1.54, 1.807) is 58.0 Å². The second-order valence-corrected chi connectivity index (χ2v) is 19.5. The summed E-state index contributed by atoms with van der Waals surface area (Å²) in [7, 11) is 0. The number of ether oxygens (including phenoxy) is 6. The van der Waals surface area contributed by atoms with Crippen LogP contribution in [0.4, 0.5) is 4.79 Å². The zero-order valence-electron chi connectivity index (χ0n) is 35.8. The molecule has 3 N–H and O–H groups in total. The van der Waals surface area contributed by atoms with Crippen LogP contribution in [0.25, 0.3) is 0 Å². The average Bonchev–Trinajstić information content (AvgIpc) is 3.76. The normalized spacial score (nSPS) is 35.1. The van der Waals surface area contributed by atoms with E-state index in [1.165, 1.54) is 13.8 Å². The maximum Gasteiger partial charge on any atom is 0.407 e. The Labute approximate surface area is 344 Å². The summed E-state index contributed by atoms with van der Waals surface area (Å²) >= 11 is 0. The minimum Gasteiger partial charge on any atom is -0.458 e. The summed E-state index contributed by atoms with van der Waals surface area (Å²) in [6, 6.07) is 7.11. The highest BCUT2D eigenvalue weighted by Crippen LogP contribution is 2.63. The van der Waals surface area contributed by atoms with E-state index in [0.717, 1.165) is 6.92 Å². The van der Waals surface area contributed by atoms with Crippen molar-refractivity contribution in [3.8, 4) is 0 Å². The Balaban J connectivity index is 1.49. The molecule has 1 aromatic carbocycles. The number of ketones is 1. The minimum absolute atomic E-state index is 0.0437. The number of benzene rings is 1. The lowest BCUT2D eigenvalue weighted by molar-refractivity contribution is -0.335. The van der Waals surface area contributed by atoms with E-state index in [9.17, 15) is 34.2 Å². The molecule has 0 spiro atoms. The fourth-order valence-electron chi connectivity index (χ4n) is 10.4. The number of Topliss-reactive ketones (excluding diaryl/α,β-unsaturated/α-hetero) is 1. The average molecular weight is 826 g/mol. The lowest BCUT2D eigenvalue weighted by Crippen LogP contribution is -2.79. The van der Waals surface area contributed by atoms with Crippen LogP contribution in [-0.2, 0) is 47.6 Å². The molecule has 4 aliphatic carbocycles. The van der Waals surface area contributed by atoms with Crippen LogP contribution in [0, 0.1) is 34.0 Å². The van der Waals surface area contributed by atoms with E-state index in [2.05, 4.69) is 5.32 Å². The molecular formula is C44H59NO14. The Hall–Kier alpha value is -4.34. The van der Waals surface area contributed by atoms with Crippen molar-refractivity contribution >= 4 is 35.8 Å². The molecule has 1 saturated heterocycles. The van der Waals surface area contributed by atoms with Crippen LogP contribution >= 0.6 is 0 Å². The van der Waals surface area contributed by atoms with Crippen LogP contribution < -0.4 is 5.32 Å². The third-order valence-corrected chi connectivity index (χ3v) is 13.5. The van der Waals surface area contributed by atoms with Gasteiger partial charge < -0.3 is 44.0 Å².